The van der Waals surface area contributed by atoms with Gasteiger partial charge in [0.05, 0.1) is 0 Å². The summed E-state index contributed by atoms with van der Waals surface area (Å²) in [6.07, 6.45) is 6.18. The minimum absolute atomic E-state index is 0.0817. The number of ketones is 1. The number of carbonyl (C=O) groups is 1. The maximum Gasteiger partial charge on any atom is 0.248 e. The number of alkyl halides is 2. The van der Waals surface area contributed by atoms with Crippen molar-refractivity contribution < 1.29 is 13.6 Å². The Bertz CT molecular complexity index is 291. The maximum atomic E-state index is 13.1. The largest absolute Gasteiger partial charge is 0.299 e. The Kier molecular flexibility index (Phi) is 4.39. The Morgan fingerprint density at radius 3 is 2.33 bits per heavy atom. The molecule has 0 saturated heterocycles. The number of rotatable bonds is 3. The van der Waals surface area contributed by atoms with E-state index in [1.54, 1.807) is 0 Å². The van der Waals surface area contributed by atoms with Gasteiger partial charge in [-0.15, -0.1) is 0 Å². The van der Waals surface area contributed by atoms with Crippen LogP contribution in [0.2, 0.25) is 0 Å². The van der Waals surface area contributed by atoms with Crippen LogP contribution in [0.25, 0.3) is 0 Å². The zero-order valence-electron chi connectivity index (χ0n) is 11.3. The van der Waals surface area contributed by atoms with E-state index in [0.717, 1.165) is 25.7 Å². The molecule has 2 atom stereocenters. The molecule has 2 aliphatic rings. The van der Waals surface area contributed by atoms with Crippen molar-refractivity contribution in [1.82, 2.24) is 0 Å². The second-order valence-corrected chi connectivity index (χ2v) is 6.09. The van der Waals surface area contributed by atoms with Crippen LogP contribution in [0.4, 0.5) is 8.78 Å². The highest BCUT2D eigenvalue weighted by molar-refractivity contribution is 5.83. The lowest BCUT2D eigenvalue weighted by Crippen LogP contribution is -2.35. The summed E-state index contributed by atoms with van der Waals surface area (Å²) < 4.78 is 26.2. The second kappa shape index (κ2) is 5.66. The van der Waals surface area contributed by atoms with E-state index >= 15 is 0 Å². The normalized spacial score (nSPS) is 33.3. The van der Waals surface area contributed by atoms with E-state index in [1.807, 2.05) is 0 Å². The van der Waals surface area contributed by atoms with E-state index < -0.39 is 5.92 Å². The van der Waals surface area contributed by atoms with E-state index in [1.165, 1.54) is 6.42 Å². The van der Waals surface area contributed by atoms with Crippen LogP contribution in [0.1, 0.15) is 64.7 Å². The van der Waals surface area contributed by atoms with Gasteiger partial charge in [-0.1, -0.05) is 26.2 Å². The Balaban J connectivity index is 1.94. The molecule has 3 heteroatoms. The van der Waals surface area contributed by atoms with E-state index in [0.29, 0.717) is 24.5 Å². The van der Waals surface area contributed by atoms with Crippen LogP contribution in [0.5, 0.6) is 0 Å². The molecule has 2 fully saturated rings. The van der Waals surface area contributed by atoms with Crippen molar-refractivity contribution in [2.45, 2.75) is 70.6 Å². The standard InChI is InChI=1S/C15H24F2O/c1-2-11-5-3-4-6-13(11)14(18)12-7-9-15(16,17)10-8-12/h11-13H,2-10H2,1H3. The average Bonchev–Trinajstić information content (AvgIpc) is 2.38. The molecule has 0 aromatic rings. The summed E-state index contributed by atoms with van der Waals surface area (Å²) in [6.45, 7) is 2.14. The molecule has 104 valence electrons. The molecule has 0 heterocycles. The van der Waals surface area contributed by atoms with Gasteiger partial charge in [0.15, 0.2) is 0 Å². The lowest BCUT2D eigenvalue weighted by molar-refractivity contribution is -0.133. The lowest BCUT2D eigenvalue weighted by atomic mass is 9.70. The van der Waals surface area contributed by atoms with Crippen molar-refractivity contribution in [3.8, 4) is 0 Å². The number of hydrogen-bond donors (Lipinski definition) is 0. The molecule has 2 unspecified atom stereocenters. The first-order valence-corrected chi connectivity index (χ1v) is 7.45. The summed E-state index contributed by atoms with van der Waals surface area (Å²) in [4.78, 5) is 12.5. The number of Topliss-reactive ketones (excluding diaryl/α,β-unsaturated/α-hetero) is 1. The van der Waals surface area contributed by atoms with Gasteiger partial charge in [-0.25, -0.2) is 8.78 Å². The first-order chi connectivity index (χ1) is 8.53. The smallest absolute Gasteiger partial charge is 0.248 e. The van der Waals surface area contributed by atoms with Crippen LogP contribution in [0.15, 0.2) is 0 Å². The number of hydrogen-bond acceptors (Lipinski definition) is 1. The SMILES string of the molecule is CCC1CCCCC1C(=O)C1CCC(F)(F)CC1. The summed E-state index contributed by atoms with van der Waals surface area (Å²) in [5.74, 6) is -1.62. The molecule has 2 aliphatic carbocycles. The summed E-state index contributed by atoms with van der Waals surface area (Å²) in [5.41, 5.74) is 0. The summed E-state index contributed by atoms with van der Waals surface area (Å²) in [6, 6.07) is 0. The van der Waals surface area contributed by atoms with Crippen LogP contribution in [0, 0.1) is 17.8 Å². The molecule has 0 aliphatic heterocycles. The average molecular weight is 258 g/mol. The molecule has 18 heavy (non-hydrogen) atoms. The molecule has 1 nitrogen and oxygen atoms in total. The predicted octanol–water partition coefficient (Wildman–Crippen LogP) is 4.60. The molecular weight excluding hydrogens is 234 g/mol. The molecule has 0 radical (unpaired) electrons. The van der Waals surface area contributed by atoms with Crippen molar-refractivity contribution >= 4 is 5.78 Å². The highest BCUT2D eigenvalue weighted by atomic mass is 19.3. The Morgan fingerprint density at radius 2 is 1.72 bits per heavy atom. The molecule has 0 aromatic carbocycles. The molecule has 2 rings (SSSR count). The fourth-order valence-corrected chi connectivity index (χ4v) is 3.70. The fraction of sp³-hybridized carbons (Fsp3) is 0.933. The van der Waals surface area contributed by atoms with Gasteiger partial charge >= 0.3 is 0 Å². The Morgan fingerprint density at radius 1 is 1.11 bits per heavy atom. The van der Waals surface area contributed by atoms with Gasteiger partial charge in [-0.3, -0.25) is 4.79 Å². The summed E-state index contributed by atoms with van der Waals surface area (Å²) >= 11 is 0. The van der Waals surface area contributed by atoms with Gasteiger partial charge in [-0.2, -0.15) is 0 Å². The monoisotopic (exact) mass is 258 g/mol. The van der Waals surface area contributed by atoms with Gasteiger partial charge in [0, 0.05) is 24.7 Å². The molecule has 0 spiro atoms. The zero-order valence-corrected chi connectivity index (χ0v) is 11.3. The summed E-state index contributed by atoms with van der Waals surface area (Å²) in [7, 11) is 0. The Labute approximate surface area is 108 Å². The van der Waals surface area contributed by atoms with Crippen LogP contribution in [-0.2, 0) is 4.79 Å². The van der Waals surface area contributed by atoms with Crippen LogP contribution in [-0.4, -0.2) is 11.7 Å². The number of carbonyl (C=O) groups excluding carboxylic acids is 1. The third-order valence-electron chi connectivity index (χ3n) is 4.92. The maximum absolute atomic E-state index is 13.1. The fourth-order valence-electron chi connectivity index (χ4n) is 3.70. The van der Waals surface area contributed by atoms with Gasteiger partial charge in [0.2, 0.25) is 5.92 Å². The Hall–Kier alpha value is -0.470. The van der Waals surface area contributed by atoms with Crippen molar-refractivity contribution in [2.24, 2.45) is 17.8 Å². The second-order valence-electron chi connectivity index (χ2n) is 6.09. The van der Waals surface area contributed by atoms with E-state index in [-0.39, 0.29) is 24.7 Å². The lowest BCUT2D eigenvalue weighted by Gasteiger charge is -2.35. The number of halogens is 2. The van der Waals surface area contributed by atoms with Crippen molar-refractivity contribution in [2.75, 3.05) is 0 Å². The predicted molar refractivity (Wildman–Crippen MR) is 67.7 cm³/mol. The minimum atomic E-state index is -2.52. The van der Waals surface area contributed by atoms with Crippen molar-refractivity contribution in [3.05, 3.63) is 0 Å². The first-order valence-electron chi connectivity index (χ1n) is 7.45. The van der Waals surface area contributed by atoms with Gasteiger partial charge < -0.3 is 0 Å². The van der Waals surface area contributed by atoms with E-state index in [9.17, 15) is 13.6 Å². The van der Waals surface area contributed by atoms with Crippen LogP contribution >= 0.6 is 0 Å². The molecule has 0 bridgehead atoms. The quantitative estimate of drug-likeness (QED) is 0.723. The molecular formula is C15H24F2O. The van der Waals surface area contributed by atoms with Gasteiger partial charge in [0.25, 0.3) is 0 Å². The van der Waals surface area contributed by atoms with Crippen LogP contribution in [0.3, 0.4) is 0 Å². The molecule has 0 amide bonds. The summed E-state index contributed by atoms with van der Waals surface area (Å²) in [5, 5.41) is 0. The van der Waals surface area contributed by atoms with Crippen molar-refractivity contribution in [3.63, 3.8) is 0 Å². The third kappa shape index (κ3) is 3.10. The van der Waals surface area contributed by atoms with Crippen molar-refractivity contribution in [1.29, 1.82) is 0 Å². The van der Waals surface area contributed by atoms with Gasteiger partial charge in [0.1, 0.15) is 5.78 Å². The van der Waals surface area contributed by atoms with E-state index in [4.69, 9.17) is 0 Å². The third-order valence-corrected chi connectivity index (χ3v) is 4.92. The van der Waals surface area contributed by atoms with Crippen LogP contribution < -0.4 is 0 Å². The molecule has 0 N–H and O–H groups in total. The minimum Gasteiger partial charge on any atom is -0.299 e. The highest BCUT2D eigenvalue weighted by Crippen LogP contribution is 2.41. The zero-order chi connectivity index (χ0) is 13.2. The first kappa shape index (κ1) is 14.0. The van der Waals surface area contributed by atoms with Gasteiger partial charge in [-0.05, 0) is 31.6 Å². The topological polar surface area (TPSA) is 17.1 Å². The highest BCUT2D eigenvalue weighted by Gasteiger charge is 2.40. The molecule has 0 aromatic heterocycles. The van der Waals surface area contributed by atoms with E-state index in [2.05, 4.69) is 6.92 Å². The molecule has 2 saturated carbocycles.